The first-order valence-electron chi connectivity index (χ1n) is 9.71. The fourth-order valence-electron chi connectivity index (χ4n) is 3.67. The quantitative estimate of drug-likeness (QED) is 0.435. The molecule has 0 aliphatic rings. The molecule has 0 spiro atoms. The Morgan fingerprint density at radius 3 is 2.42 bits per heavy atom. The van der Waals surface area contributed by atoms with Crippen LogP contribution in [0.2, 0.25) is 5.02 Å². The molecular formula is C24H17ClN4O2. The van der Waals surface area contributed by atoms with Crippen LogP contribution in [0.4, 0.5) is 0 Å². The zero-order chi connectivity index (χ0) is 21.4. The Hall–Kier alpha value is -3.90. The van der Waals surface area contributed by atoms with Gasteiger partial charge in [0, 0.05) is 34.2 Å². The first kappa shape index (κ1) is 19.1. The van der Waals surface area contributed by atoms with Crippen LogP contribution < -0.4 is 11.2 Å². The summed E-state index contributed by atoms with van der Waals surface area (Å²) in [4.78, 5) is 27.8. The minimum Gasteiger partial charge on any atom is -0.342 e. The average Bonchev–Trinajstić information content (AvgIpc) is 3.13. The second-order valence-corrected chi connectivity index (χ2v) is 7.63. The van der Waals surface area contributed by atoms with E-state index in [2.05, 4.69) is 14.7 Å². The highest BCUT2D eigenvalue weighted by Crippen LogP contribution is 2.22. The highest BCUT2D eigenvalue weighted by atomic mass is 35.5. The maximum absolute atomic E-state index is 12.7. The van der Waals surface area contributed by atoms with E-state index in [9.17, 15) is 9.59 Å². The summed E-state index contributed by atoms with van der Waals surface area (Å²) in [6, 6.07) is 22.5. The highest BCUT2D eigenvalue weighted by Gasteiger charge is 2.09. The molecule has 2 aromatic heterocycles. The van der Waals surface area contributed by atoms with Crippen LogP contribution in [0.15, 0.2) is 93.7 Å². The zero-order valence-corrected chi connectivity index (χ0v) is 17.1. The summed E-state index contributed by atoms with van der Waals surface area (Å²) in [5, 5.41) is 6.29. The number of hydrogen-bond donors (Lipinski definition) is 1. The van der Waals surface area contributed by atoms with Gasteiger partial charge in [-0.3, -0.25) is 4.79 Å². The van der Waals surface area contributed by atoms with Crippen molar-refractivity contribution in [2.24, 2.45) is 5.10 Å². The summed E-state index contributed by atoms with van der Waals surface area (Å²) < 4.78 is 2.96. The number of nitrogens with zero attached hydrogens (tertiary/aromatic N) is 3. The summed E-state index contributed by atoms with van der Waals surface area (Å²) in [5.74, 6) is 0. The number of hydrogen-bond acceptors (Lipinski definition) is 3. The lowest BCUT2D eigenvalue weighted by Crippen LogP contribution is -2.32. The lowest BCUT2D eigenvalue weighted by atomic mass is 10.2. The van der Waals surface area contributed by atoms with E-state index in [1.807, 2.05) is 54.7 Å². The molecule has 5 rings (SSSR count). The third-order valence-corrected chi connectivity index (χ3v) is 5.43. The maximum Gasteiger partial charge on any atom is 0.349 e. The molecule has 31 heavy (non-hydrogen) atoms. The second kappa shape index (κ2) is 7.74. The van der Waals surface area contributed by atoms with Crippen molar-refractivity contribution >= 4 is 39.6 Å². The number of aromatic nitrogens is 3. The number of fused-ring (bicyclic) bond motifs is 2. The monoisotopic (exact) mass is 428 g/mol. The molecule has 6 nitrogen and oxygen atoms in total. The van der Waals surface area contributed by atoms with Gasteiger partial charge in [0.15, 0.2) is 0 Å². The van der Waals surface area contributed by atoms with Crippen molar-refractivity contribution in [2.45, 2.75) is 6.54 Å². The van der Waals surface area contributed by atoms with Crippen LogP contribution in [0.3, 0.4) is 0 Å². The molecule has 5 aromatic rings. The van der Waals surface area contributed by atoms with Gasteiger partial charge in [-0.1, -0.05) is 54.1 Å². The third kappa shape index (κ3) is 3.58. The molecule has 1 N–H and O–H groups in total. The van der Waals surface area contributed by atoms with Gasteiger partial charge < -0.3 is 9.55 Å². The van der Waals surface area contributed by atoms with E-state index in [-0.39, 0.29) is 0 Å². The standard InChI is InChI=1S/C24H17ClN4O2/c25-18-11-9-16(10-12-18)14-28-15-17(19-5-2-4-8-22(19)28)13-26-29-23(30)20-6-1-3-7-21(20)27-24(29)31/h1-13,15H,14H2,(H,27,31). The van der Waals surface area contributed by atoms with Crippen molar-refractivity contribution in [3.05, 3.63) is 116 Å². The Kier molecular flexibility index (Phi) is 4.76. The van der Waals surface area contributed by atoms with Crippen molar-refractivity contribution in [3.63, 3.8) is 0 Å². The van der Waals surface area contributed by atoms with Gasteiger partial charge >= 0.3 is 5.69 Å². The molecule has 0 bridgehead atoms. The number of halogens is 1. The van der Waals surface area contributed by atoms with Gasteiger partial charge in [-0.2, -0.15) is 5.10 Å². The van der Waals surface area contributed by atoms with Crippen LogP contribution in [0.25, 0.3) is 21.8 Å². The van der Waals surface area contributed by atoms with Gasteiger partial charge in [0.25, 0.3) is 5.56 Å². The van der Waals surface area contributed by atoms with Crippen molar-refractivity contribution in [1.82, 2.24) is 14.2 Å². The summed E-state index contributed by atoms with van der Waals surface area (Å²) in [7, 11) is 0. The molecule has 3 aromatic carbocycles. The smallest absolute Gasteiger partial charge is 0.342 e. The van der Waals surface area contributed by atoms with Gasteiger partial charge in [0.05, 0.1) is 17.1 Å². The first-order chi connectivity index (χ1) is 15.1. The molecule has 0 unspecified atom stereocenters. The first-order valence-corrected chi connectivity index (χ1v) is 10.1. The van der Waals surface area contributed by atoms with Gasteiger partial charge in [-0.25, -0.2) is 4.79 Å². The molecule has 0 aliphatic carbocycles. The summed E-state index contributed by atoms with van der Waals surface area (Å²) >= 11 is 6.00. The Labute approximate surface area is 181 Å². The topological polar surface area (TPSA) is 72.2 Å². The average molecular weight is 429 g/mol. The van der Waals surface area contributed by atoms with Crippen LogP contribution in [0, 0.1) is 0 Å². The van der Waals surface area contributed by atoms with Gasteiger partial charge in [0.1, 0.15) is 0 Å². The zero-order valence-electron chi connectivity index (χ0n) is 16.3. The van der Waals surface area contributed by atoms with Gasteiger partial charge in [0.2, 0.25) is 0 Å². The normalized spacial score (nSPS) is 11.6. The molecule has 2 heterocycles. The van der Waals surface area contributed by atoms with E-state index >= 15 is 0 Å². The summed E-state index contributed by atoms with van der Waals surface area (Å²) in [6.07, 6.45) is 3.51. The lowest BCUT2D eigenvalue weighted by molar-refractivity contribution is 0.771. The molecule has 0 radical (unpaired) electrons. The van der Waals surface area contributed by atoms with E-state index in [0.717, 1.165) is 26.7 Å². The van der Waals surface area contributed by atoms with Crippen LogP contribution in [-0.4, -0.2) is 20.4 Å². The van der Waals surface area contributed by atoms with Crippen molar-refractivity contribution in [1.29, 1.82) is 0 Å². The Morgan fingerprint density at radius 2 is 1.61 bits per heavy atom. The van der Waals surface area contributed by atoms with Crippen molar-refractivity contribution < 1.29 is 0 Å². The molecule has 152 valence electrons. The predicted molar refractivity (Wildman–Crippen MR) is 124 cm³/mol. The van der Waals surface area contributed by atoms with Crippen LogP contribution in [0.5, 0.6) is 0 Å². The number of para-hydroxylation sites is 2. The molecule has 7 heteroatoms. The lowest BCUT2D eigenvalue weighted by Gasteiger charge is -2.05. The largest absolute Gasteiger partial charge is 0.349 e. The Balaban J connectivity index is 1.58. The van der Waals surface area contributed by atoms with Crippen LogP contribution >= 0.6 is 11.6 Å². The Bertz CT molecular complexity index is 1560. The van der Waals surface area contributed by atoms with E-state index in [1.165, 1.54) is 0 Å². The third-order valence-electron chi connectivity index (χ3n) is 5.18. The van der Waals surface area contributed by atoms with E-state index < -0.39 is 11.2 Å². The number of H-pyrrole nitrogens is 1. The minimum atomic E-state index is -0.579. The van der Waals surface area contributed by atoms with Crippen LogP contribution in [-0.2, 0) is 6.54 Å². The van der Waals surface area contributed by atoms with Crippen LogP contribution in [0.1, 0.15) is 11.1 Å². The highest BCUT2D eigenvalue weighted by molar-refractivity contribution is 6.30. The predicted octanol–water partition coefficient (Wildman–Crippen LogP) is 4.23. The van der Waals surface area contributed by atoms with Gasteiger partial charge in [-0.15, -0.1) is 4.68 Å². The summed E-state index contributed by atoms with van der Waals surface area (Å²) in [5.41, 5.74) is 2.40. The number of nitrogens with one attached hydrogen (secondary N) is 1. The molecule has 0 atom stereocenters. The minimum absolute atomic E-state index is 0.407. The SMILES string of the molecule is O=c1[nH]c2ccccc2c(=O)n1N=Cc1cn(Cc2ccc(Cl)cc2)c2ccccc12. The number of aromatic amines is 1. The molecule has 0 saturated heterocycles. The summed E-state index contributed by atoms with van der Waals surface area (Å²) in [6.45, 7) is 0.655. The fourth-order valence-corrected chi connectivity index (χ4v) is 3.80. The number of rotatable bonds is 4. The van der Waals surface area contributed by atoms with E-state index in [4.69, 9.17) is 11.6 Å². The maximum atomic E-state index is 12.7. The fraction of sp³-hybridized carbons (Fsp3) is 0.0417. The Morgan fingerprint density at radius 1 is 0.903 bits per heavy atom. The van der Waals surface area contributed by atoms with E-state index in [1.54, 1.807) is 30.5 Å². The van der Waals surface area contributed by atoms with Crippen molar-refractivity contribution in [3.8, 4) is 0 Å². The molecule has 0 fully saturated rings. The van der Waals surface area contributed by atoms with E-state index in [0.29, 0.717) is 22.5 Å². The van der Waals surface area contributed by atoms with Gasteiger partial charge in [-0.05, 0) is 35.9 Å². The molecule has 0 saturated carbocycles. The molecule has 0 amide bonds. The number of benzene rings is 3. The second-order valence-electron chi connectivity index (χ2n) is 7.19. The molecule has 0 aliphatic heterocycles. The van der Waals surface area contributed by atoms with Crippen molar-refractivity contribution in [2.75, 3.05) is 0 Å². The molecular weight excluding hydrogens is 412 g/mol.